The molecule has 0 bridgehead atoms. The van der Waals surface area contributed by atoms with Gasteiger partial charge in [0.25, 0.3) is 0 Å². The fourth-order valence-corrected chi connectivity index (χ4v) is 2.03. The molecule has 0 aliphatic carbocycles. The smallest absolute Gasteiger partial charge is 0.248 e. The summed E-state index contributed by atoms with van der Waals surface area (Å²) < 4.78 is 5.92. The van der Waals surface area contributed by atoms with Gasteiger partial charge in [0.1, 0.15) is 5.76 Å². The number of hydrogen-bond donors (Lipinski definition) is 1. The van der Waals surface area contributed by atoms with Crippen molar-refractivity contribution in [2.45, 2.75) is 19.8 Å². The molecule has 1 heterocycles. The van der Waals surface area contributed by atoms with Gasteiger partial charge >= 0.3 is 0 Å². The maximum Gasteiger partial charge on any atom is 0.248 e. The van der Waals surface area contributed by atoms with Crippen LogP contribution in [0.3, 0.4) is 0 Å². The van der Waals surface area contributed by atoms with Gasteiger partial charge in [-0.2, -0.15) is 0 Å². The summed E-state index contributed by atoms with van der Waals surface area (Å²) in [5.41, 5.74) is 2.03. The monoisotopic (exact) mass is 333 g/mol. The Morgan fingerprint density at radius 1 is 1.20 bits per heavy atom. The lowest BCUT2D eigenvalue weighted by molar-refractivity contribution is -0.111. The number of benzene rings is 1. The average molecular weight is 334 g/mol. The zero-order chi connectivity index (χ0) is 14.5. The maximum atomic E-state index is 11.8. The minimum absolute atomic E-state index is 0.185. The molecular weight excluding hydrogens is 318 g/mol. The Labute approximate surface area is 126 Å². The van der Waals surface area contributed by atoms with E-state index in [1.165, 1.54) is 11.6 Å². The molecule has 0 fully saturated rings. The van der Waals surface area contributed by atoms with Crippen molar-refractivity contribution in [3.63, 3.8) is 0 Å². The minimum atomic E-state index is -0.185. The van der Waals surface area contributed by atoms with Gasteiger partial charge in [-0.15, -0.1) is 0 Å². The molecular formula is C16H16BrNO2. The number of furan rings is 1. The van der Waals surface area contributed by atoms with Gasteiger partial charge in [-0.25, -0.2) is 0 Å². The summed E-state index contributed by atoms with van der Waals surface area (Å²) in [6.45, 7) is 4.27. The second kappa shape index (κ2) is 6.57. The Balaban J connectivity index is 1.95. The Hall–Kier alpha value is -1.81. The van der Waals surface area contributed by atoms with Crippen LogP contribution in [0.1, 0.15) is 31.1 Å². The van der Waals surface area contributed by atoms with E-state index in [9.17, 15) is 4.79 Å². The molecule has 20 heavy (non-hydrogen) atoms. The van der Waals surface area contributed by atoms with E-state index in [-0.39, 0.29) is 5.91 Å². The Kier molecular flexibility index (Phi) is 4.79. The summed E-state index contributed by atoms with van der Waals surface area (Å²) in [6, 6.07) is 11.4. The molecule has 1 aromatic heterocycles. The first-order valence-corrected chi connectivity index (χ1v) is 7.18. The van der Waals surface area contributed by atoms with Crippen LogP contribution in [-0.2, 0) is 4.79 Å². The highest BCUT2D eigenvalue weighted by atomic mass is 79.9. The lowest BCUT2D eigenvalue weighted by Crippen LogP contribution is -2.07. The third-order valence-corrected chi connectivity index (χ3v) is 3.26. The van der Waals surface area contributed by atoms with Crippen molar-refractivity contribution in [3.05, 3.63) is 58.5 Å². The molecule has 3 nitrogen and oxygen atoms in total. The molecule has 1 amide bonds. The standard InChI is InChI=1S/C16H16BrNO2/c1-11(2)12-3-5-13(6-4-12)18-16(19)10-8-14-7-9-15(17)20-14/h3-11H,1-2H3,(H,18,19). The molecule has 0 saturated carbocycles. The van der Waals surface area contributed by atoms with E-state index in [4.69, 9.17) is 4.42 Å². The Morgan fingerprint density at radius 2 is 1.90 bits per heavy atom. The number of rotatable bonds is 4. The second-order valence-corrected chi connectivity index (χ2v) is 5.52. The second-order valence-electron chi connectivity index (χ2n) is 4.74. The zero-order valence-electron chi connectivity index (χ0n) is 11.4. The molecule has 2 aromatic rings. The largest absolute Gasteiger partial charge is 0.450 e. The van der Waals surface area contributed by atoms with Crippen molar-refractivity contribution in [1.82, 2.24) is 0 Å². The molecule has 0 atom stereocenters. The maximum absolute atomic E-state index is 11.8. The molecule has 4 heteroatoms. The predicted molar refractivity (Wildman–Crippen MR) is 84.6 cm³/mol. The number of carbonyl (C=O) groups is 1. The van der Waals surface area contributed by atoms with Gasteiger partial charge in [0, 0.05) is 11.8 Å². The molecule has 0 aliphatic rings. The fraction of sp³-hybridized carbons (Fsp3) is 0.188. The van der Waals surface area contributed by atoms with Crippen LogP contribution in [0.5, 0.6) is 0 Å². The first-order chi connectivity index (χ1) is 9.54. The Bertz CT molecular complexity index is 612. The summed E-state index contributed by atoms with van der Waals surface area (Å²) in [7, 11) is 0. The number of anilines is 1. The molecule has 0 aliphatic heterocycles. The van der Waals surface area contributed by atoms with Gasteiger partial charge in [-0.05, 0) is 57.8 Å². The summed E-state index contributed by atoms with van der Waals surface area (Å²) in [6.07, 6.45) is 3.07. The number of nitrogens with one attached hydrogen (secondary N) is 1. The summed E-state index contributed by atoms with van der Waals surface area (Å²) in [5.74, 6) is 0.925. The molecule has 2 rings (SSSR count). The summed E-state index contributed by atoms with van der Waals surface area (Å²) in [5, 5.41) is 2.81. The molecule has 1 aromatic carbocycles. The van der Waals surface area contributed by atoms with E-state index < -0.39 is 0 Å². The minimum Gasteiger partial charge on any atom is -0.450 e. The molecule has 0 spiro atoms. The highest BCUT2D eigenvalue weighted by Gasteiger charge is 2.01. The first kappa shape index (κ1) is 14.6. The lowest BCUT2D eigenvalue weighted by Gasteiger charge is -2.07. The lowest BCUT2D eigenvalue weighted by atomic mass is 10.0. The normalized spacial score (nSPS) is 11.2. The molecule has 0 radical (unpaired) electrons. The van der Waals surface area contributed by atoms with Crippen LogP contribution >= 0.6 is 15.9 Å². The van der Waals surface area contributed by atoms with Gasteiger partial charge < -0.3 is 9.73 Å². The summed E-state index contributed by atoms with van der Waals surface area (Å²) in [4.78, 5) is 11.8. The van der Waals surface area contributed by atoms with Crippen LogP contribution < -0.4 is 5.32 Å². The quantitative estimate of drug-likeness (QED) is 0.815. The van der Waals surface area contributed by atoms with Crippen molar-refractivity contribution >= 4 is 33.6 Å². The number of carbonyl (C=O) groups excluding carboxylic acids is 1. The third kappa shape index (κ3) is 4.10. The molecule has 0 saturated heterocycles. The van der Waals surface area contributed by atoms with Crippen LogP contribution in [0.4, 0.5) is 5.69 Å². The van der Waals surface area contributed by atoms with Crippen molar-refractivity contribution < 1.29 is 9.21 Å². The molecule has 1 N–H and O–H groups in total. The van der Waals surface area contributed by atoms with E-state index >= 15 is 0 Å². The van der Waals surface area contributed by atoms with E-state index in [1.807, 2.05) is 24.3 Å². The predicted octanol–water partition coefficient (Wildman–Crippen LogP) is 4.82. The van der Waals surface area contributed by atoms with E-state index in [0.29, 0.717) is 16.3 Å². The van der Waals surface area contributed by atoms with E-state index in [1.54, 1.807) is 18.2 Å². The molecule has 104 valence electrons. The van der Waals surface area contributed by atoms with Crippen LogP contribution in [0.25, 0.3) is 6.08 Å². The SMILES string of the molecule is CC(C)c1ccc(NC(=O)C=Cc2ccc(Br)o2)cc1. The first-order valence-electron chi connectivity index (χ1n) is 6.39. The van der Waals surface area contributed by atoms with Crippen molar-refractivity contribution in [1.29, 1.82) is 0 Å². The zero-order valence-corrected chi connectivity index (χ0v) is 13.0. The van der Waals surface area contributed by atoms with Crippen LogP contribution in [0, 0.1) is 0 Å². The van der Waals surface area contributed by atoms with Gasteiger partial charge in [0.05, 0.1) is 0 Å². The number of halogens is 1. The van der Waals surface area contributed by atoms with Crippen LogP contribution in [0.2, 0.25) is 0 Å². The van der Waals surface area contributed by atoms with E-state index in [0.717, 1.165) is 5.69 Å². The van der Waals surface area contributed by atoms with Crippen molar-refractivity contribution in [2.24, 2.45) is 0 Å². The van der Waals surface area contributed by atoms with Gasteiger partial charge in [0.2, 0.25) is 5.91 Å². The van der Waals surface area contributed by atoms with Gasteiger partial charge in [-0.3, -0.25) is 4.79 Å². The van der Waals surface area contributed by atoms with E-state index in [2.05, 4.69) is 35.1 Å². The highest BCUT2D eigenvalue weighted by molar-refractivity contribution is 9.10. The topological polar surface area (TPSA) is 42.2 Å². The van der Waals surface area contributed by atoms with Gasteiger partial charge in [-0.1, -0.05) is 26.0 Å². The number of amides is 1. The molecule has 0 unspecified atom stereocenters. The number of hydrogen-bond acceptors (Lipinski definition) is 2. The average Bonchev–Trinajstić information content (AvgIpc) is 2.83. The van der Waals surface area contributed by atoms with Crippen LogP contribution in [0.15, 0.2) is 51.6 Å². The van der Waals surface area contributed by atoms with Crippen molar-refractivity contribution in [3.8, 4) is 0 Å². The van der Waals surface area contributed by atoms with Crippen molar-refractivity contribution in [2.75, 3.05) is 5.32 Å². The third-order valence-electron chi connectivity index (χ3n) is 2.84. The highest BCUT2D eigenvalue weighted by Crippen LogP contribution is 2.17. The van der Waals surface area contributed by atoms with Gasteiger partial charge in [0.15, 0.2) is 4.67 Å². The Morgan fingerprint density at radius 3 is 2.45 bits per heavy atom. The summed E-state index contributed by atoms with van der Waals surface area (Å²) >= 11 is 3.21. The van der Waals surface area contributed by atoms with Crippen LogP contribution in [-0.4, -0.2) is 5.91 Å². The fourth-order valence-electron chi connectivity index (χ4n) is 1.71.